The highest BCUT2D eigenvalue weighted by Crippen LogP contribution is 2.37. The number of alkyl halides is 2. The third kappa shape index (κ3) is 6.09. The molecule has 2 aromatic rings. The lowest BCUT2D eigenvalue weighted by atomic mass is 10.1. The topological polar surface area (TPSA) is 135 Å². The van der Waals surface area contributed by atoms with Crippen molar-refractivity contribution in [2.24, 2.45) is 0 Å². The van der Waals surface area contributed by atoms with Gasteiger partial charge in [0, 0.05) is 18.2 Å². The second kappa shape index (κ2) is 11.4. The summed E-state index contributed by atoms with van der Waals surface area (Å²) >= 11 is 0. The van der Waals surface area contributed by atoms with Crippen LogP contribution in [0, 0.1) is 10.1 Å². The minimum Gasteiger partial charge on any atom is -0.493 e. The van der Waals surface area contributed by atoms with Crippen molar-refractivity contribution in [1.82, 2.24) is 0 Å². The first-order chi connectivity index (χ1) is 16.1. The molecule has 0 aliphatic heterocycles. The number of ether oxygens (including phenoxy) is 5. The molecule has 0 fully saturated rings. The monoisotopic (exact) mass is 482 g/mol. The SMILES string of the molecule is COC(=O)c1cc(OC)c(OC)cc1NC(=O)/C=C/c1cc(OC)c(OC(F)F)cc1[N+](=O)[O-]. The molecule has 0 saturated heterocycles. The van der Waals surface area contributed by atoms with Crippen LogP contribution in [0.25, 0.3) is 6.08 Å². The van der Waals surface area contributed by atoms with Crippen LogP contribution in [0.1, 0.15) is 15.9 Å². The van der Waals surface area contributed by atoms with Gasteiger partial charge in [0.25, 0.3) is 5.69 Å². The van der Waals surface area contributed by atoms with Crippen LogP contribution >= 0.6 is 0 Å². The third-order valence-electron chi connectivity index (χ3n) is 4.33. The molecule has 0 unspecified atom stereocenters. The summed E-state index contributed by atoms with van der Waals surface area (Å²) in [7, 11) is 5.03. The highest BCUT2D eigenvalue weighted by molar-refractivity contribution is 6.07. The Hall–Kier alpha value is -4.42. The lowest BCUT2D eigenvalue weighted by Gasteiger charge is -2.14. The number of esters is 1. The Morgan fingerprint density at radius 3 is 2.09 bits per heavy atom. The number of nitro benzene ring substituents is 1. The Labute approximate surface area is 192 Å². The first kappa shape index (κ1) is 25.8. The summed E-state index contributed by atoms with van der Waals surface area (Å²) in [4.78, 5) is 35.2. The molecule has 0 aliphatic carbocycles. The summed E-state index contributed by atoms with van der Waals surface area (Å²) in [6.45, 7) is -3.23. The highest BCUT2D eigenvalue weighted by atomic mass is 19.3. The van der Waals surface area contributed by atoms with Crippen LogP contribution in [-0.4, -0.2) is 51.9 Å². The minimum absolute atomic E-state index is 0.0203. The Morgan fingerprint density at radius 1 is 0.971 bits per heavy atom. The van der Waals surface area contributed by atoms with Gasteiger partial charge in [-0.3, -0.25) is 14.9 Å². The van der Waals surface area contributed by atoms with Gasteiger partial charge in [-0.05, 0) is 12.1 Å². The van der Waals surface area contributed by atoms with Crippen molar-refractivity contribution in [3.05, 3.63) is 51.6 Å². The average molecular weight is 482 g/mol. The normalized spacial score (nSPS) is 10.7. The van der Waals surface area contributed by atoms with Crippen molar-refractivity contribution in [2.45, 2.75) is 6.61 Å². The summed E-state index contributed by atoms with van der Waals surface area (Å²) in [6, 6.07) is 4.46. The summed E-state index contributed by atoms with van der Waals surface area (Å²) in [5.41, 5.74) is -0.754. The molecule has 0 bridgehead atoms. The number of carbonyl (C=O) groups is 2. The zero-order valence-electron chi connectivity index (χ0n) is 18.4. The standard InChI is InChI=1S/C21H20F2N2O9/c1-30-15-7-11(14(25(28)29)10-18(15)34-21(22)23)5-6-19(26)24-13-9-17(32-3)16(31-2)8-12(13)20(27)33-4/h5-10,21H,1-4H3,(H,24,26)/b6-5+. The molecule has 1 N–H and O–H groups in total. The van der Waals surface area contributed by atoms with E-state index in [1.165, 1.54) is 26.4 Å². The van der Waals surface area contributed by atoms with E-state index in [0.717, 1.165) is 38.5 Å². The van der Waals surface area contributed by atoms with Gasteiger partial charge in [0.15, 0.2) is 23.0 Å². The van der Waals surface area contributed by atoms with Crippen LogP contribution in [-0.2, 0) is 9.53 Å². The molecule has 0 heterocycles. The van der Waals surface area contributed by atoms with E-state index in [1.807, 2.05) is 0 Å². The van der Waals surface area contributed by atoms with Crippen LogP contribution in [0.3, 0.4) is 0 Å². The van der Waals surface area contributed by atoms with Gasteiger partial charge in [0.1, 0.15) is 0 Å². The Kier molecular flexibility index (Phi) is 8.70. The lowest BCUT2D eigenvalue weighted by molar-refractivity contribution is -0.385. The van der Waals surface area contributed by atoms with E-state index in [-0.39, 0.29) is 34.1 Å². The molecule has 13 heteroatoms. The molecular formula is C21H20F2N2O9. The maximum absolute atomic E-state index is 12.6. The van der Waals surface area contributed by atoms with Gasteiger partial charge >= 0.3 is 12.6 Å². The lowest BCUT2D eigenvalue weighted by Crippen LogP contribution is -2.13. The van der Waals surface area contributed by atoms with E-state index in [2.05, 4.69) is 10.1 Å². The molecule has 182 valence electrons. The fourth-order valence-corrected chi connectivity index (χ4v) is 2.81. The predicted molar refractivity (Wildman–Crippen MR) is 115 cm³/mol. The van der Waals surface area contributed by atoms with Crippen LogP contribution in [0.5, 0.6) is 23.0 Å². The van der Waals surface area contributed by atoms with Crippen molar-refractivity contribution < 1.29 is 47.0 Å². The Balaban J connectivity index is 2.41. The van der Waals surface area contributed by atoms with Crippen molar-refractivity contribution in [3.63, 3.8) is 0 Å². The number of hydrogen-bond acceptors (Lipinski definition) is 9. The largest absolute Gasteiger partial charge is 0.493 e. The van der Waals surface area contributed by atoms with Crippen LogP contribution in [0.15, 0.2) is 30.3 Å². The average Bonchev–Trinajstić information content (AvgIpc) is 2.81. The van der Waals surface area contributed by atoms with Crippen LogP contribution in [0.4, 0.5) is 20.2 Å². The first-order valence-corrected chi connectivity index (χ1v) is 9.29. The number of rotatable bonds is 10. The van der Waals surface area contributed by atoms with Crippen molar-refractivity contribution >= 4 is 29.3 Å². The summed E-state index contributed by atoms with van der Waals surface area (Å²) in [5, 5.41) is 13.8. The first-order valence-electron chi connectivity index (χ1n) is 9.29. The molecule has 2 rings (SSSR count). The number of nitrogens with one attached hydrogen (secondary N) is 1. The number of benzene rings is 2. The molecule has 0 spiro atoms. The molecule has 0 atom stereocenters. The number of hydrogen-bond donors (Lipinski definition) is 1. The van der Waals surface area contributed by atoms with Crippen LogP contribution in [0.2, 0.25) is 0 Å². The molecule has 0 aromatic heterocycles. The van der Waals surface area contributed by atoms with Gasteiger partial charge in [-0.25, -0.2) is 4.79 Å². The number of nitro groups is 1. The van der Waals surface area contributed by atoms with Gasteiger partial charge in [0.2, 0.25) is 5.91 Å². The highest BCUT2D eigenvalue weighted by Gasteiger charge is 2.21. The van der Waals surface area contributed by atoms with Crippen LogP contribution < -0.4 is 24.3 Å². The fraction of sp³-hybridized carbons (Fsp3) is 0.238. The molecule has 1 amide bonds. The maximum Gasteiger partial charge on any atom is 0.387 e. The molecule has 0 radical (unpaired) electrons. The third-order valence-corrected chi connectivity index (χ3v) is 4.33. The van der Waals surface area contributed by atoms with Gasteiger partial charge < -0.3 is 29.0 Å². The number of nitrogens with zero attached hydrogens (tertiary/aromatic N) is 1. The van der Waals surface area contributed by atoms with E-state index in [4.69, 9.17) is 18.9 Å². The smallest absolute Gasteiger partial charge is 0.387 e. The zero-order chi connectivity index (χ0) is 25.4. The Morgan fingerprint density at radius 2 is 1.56 bits per heavy atom. The van der Waals surface area contributed by atoms with Crippen molar-refractivity contribution in [3.8, 4) is 23.0 Å². The van der Waals surface area contributed by atoms with Crippen molar-refractivity contribution in [1.29, 1.82) is 0 Å². The quantitative estimate of drug-likeness (QED) is 0.233. The summed E-state index contributed by atoms with van der Waals surface area (Å²) in [6.07, 6.45) is 2.01. The maximum atomic E-state index is 12.6. The second-order valence-electron chi connectivity index (χ2n) is 6.26. The number of anilines is 1. The number of amides is 1. The molecular weight excluding hydrogens is 462 g/mol. The van der Waals surface area contributed by atoms with Gasteiger partial charge in [-0.1, -0.05) is 0 Å². The van der Waals surface area contributed by atoms with E-state index in [1.54, 1.807) is 0 Å². The van der Waals surface area contributed by atoms with E-state index >= 15 is 0 Å². The summed E-state index contributed by atoms with van der Waals surface area (Å²) < 4.78 is 49.3. The van der Waals surface area contributed by atoms with Gasteiger partial charge in [-0.15, -0.1) is 0 Å². The number of methoxy groups -OCH3 is 4. The van der Waals surface area contributed by atoms with Gasteiger partial charge in [0.05, 0.1) is 56.2 Å². The van der Waals surface area contributed by atoms with Crippen molar-refractivity contribution in [2.75, 3.05) is 33.8 Å². The molecule has 11 nitrogen and oxygen atoms in total. The van der Waals surface area contributed by atoms with E-state index < -0.39 is 34.8 Å². The molecule has 34 heavy (non-hydrogen) atoms. The Bertz CT molecular complexity index is 1120. The summed E-state index contributed by atoms with van der Waals surface area (Å²) in [5.74, 6) is -1.87. The molecule has 0 aliphatic rings. The minimum atomic E-state index is -3.23. The second-order valence-corrected chi connectivity index (χ2v) is 6.26. The predicted octanol–water partition coefficient (Wildman–Crippen LogP) is 3.66. The zero-order valence-corrected chi connectivity index (χ0v) is 18.4. The molecule has 2 aromatic carbocycles. The van der Waals surface area contributed by atoms with E-state index in [9.17, 15) is 28.5 Å². The molecule has 0 saturated carbocycles. The van der Waals surface area contributed by atoms with Gasteiger partial charge in [-0.2, -0.15) is 8.78 Å². The number of halogens is 2. The van der Waals surface area contributed by atoms with E-state index in [0.29, 0.717) is 0 Å². The number of carbonyl (C=O) groups excluding carboxylic acids is 2. The fourth-order valence-electron chi connectivity index (χ4n) is 2.81.